The first-order valence-electron chi connectivity index (χ1n) is 25.0. The summed E-state index contributed by atoms with van der Waals surface area (Å²) in [5.74, 6) is 0.703. The first kappa shape index (κ1) is 41.7. The molecule has 14 rings (SSSR count). The molecule has 0 spiro atoms. The van der Waals surface area contributed by atoms with Gasteiger partial charge in [0.2, 0.25) is 0 Å². The summed E-state index contributed by atoms with van der Waals surface area (Å²) < 4.78 is 5.22. The molecule has 0 bridgehead atoms. The molecule has 0 unspecified atom stereocenters. The molecule has 0 N–H and O–H groups in total. The fraction of sp³-hybridized carbons (Fsp3) is 0.121. The predicted octanol–water partition coefficient (Wildman–Crippen LogP) is 14.7. The van der Waals surface area contributed by atoms with Crippen molar-refractivity contribution in [1.29, 1.82) is 0 Å². The summed E-state index contributed by atoms with van der Waals surface area (Å²) in [6.45, 7) is 13.9. The summed E-state index contributed by atoms with van der Waals surface area (Å²) in [6.07, 6.45) is 0. The number of hydrogen-bond donors (Lipinski definition) is 0. The molecular formula is C66H51BN4. The molecule has 4 nitrogen and oxygen atoms in total. The first-order chi connectivity index (χ1) is 34.5. The molecule has 338 valence electrons. The van der Waals surface area contributed by atoms with Crippen LogP contribution in [0.15, 0.2) is 200 Å². The van der Waals surface area contributed by atoms with Gasteiger partial charge in [-0.3, -0.25) is 0 Å². The Morgan fingerprint density at radius 2 is 0.789 bits per heavy atom. The molecule has 9 aromatic carbocycles. The number of fused-ring (bicyclic) bond motifs is 10. The molecule has 0 radical (unpaired) electrons. The Morgan fingerprint density at radius 3 is 1.23 bits per heavy atom. The summed E-state index contributed by atoms with van der Waals surface area (Å²) in [4.78, 5) is 10.8. The molecule has 3 aromatic heterocycles. The Labute approximate surface area is 415 Å². The van der Waals surface area contributed by atoms with Gasteiger partial charge in [-0.1, -0.05) is 199 Å². The molecule has 2 aliphatic rings. The Balaban J connectivity index is 1.17. The average molecular weight is 911 g/mol. The summed E-state index contributed by atoms with van der Waals surface area (Å²) in [6, 6.07) is 74.2. The van der Waals surface area contributed by atoms with E-state index in [0.29, 0.717) is 5.82 Å². The van der Waals surface area contributed by atoms with Crippen molar-refractivity contribution in [2.24, 2.45) is 0 Å². The second-order valence-electron chi connectivity index (χ2n) is 21.8. The van der Waals surface area contributed by atoms with Crippen LogP contribution in [0.1, 0.15) is 52.7 Å². The first-order valence-corrected chi connectivity index (χ1v) is 25.0. The zero-order valence-electron chi connectivity index (χ0n) is 40.9. The number of rotatable bonds is 5. The third-order valence-electron chi connectivity index (χ3n) is 15.4. The summed E-state index contributed by atoms with van der Waals surface area (Å²) in [5, 5.41) is 5.14. The van der Waals surface area contributed by atoms with Crippen molar-refractivity contribution < 1.29 is 0 Å². The Morgan fingerprint density at radius 1 is 0.380 bits per heavy atom. The Bertz CT molecular complexity index is 3890. The van der Waals surface area contributed by atoms with Gasteiger partial charge in [0, 0.05) is 60.6 Å². The summed E-state index contributed by atoms with van der Waals surface area (Å²) in [5.41, 5.74) is 23.6. The highest BCUT2D eigenvalue weighted by Crippen LogP contribution is 2.46. The smallest absolute Gasteiger partial charge is 0.252 e. The lowest BCUT2D eigenvalue weighted by Gasteiger charge is -2.34. The normalized spacial score (nSPS) is 12.9. The van der Waals surface area contributed by atoms with Crippen LogP contribution < -0.4 is 16.4 Å². The minimum absolute atomic E-state index is 0.0412. The fourth-order valence-corrected chi connectivity index (χ4v) is 11.9. The van der Waals surface area contributed by atoms with Gasteiger partial charge in [0.25, 0.3) is 6.71 Å². The molecule has 0 amide bonds. The summed E-state index contributed by atoms with van der Waals surface area (Å²) in [7, 11) is 0. The quantitative estimate of drug-likeness (QED) is 0.161. The van der Waals surface area contributed by atoms with Crippen LogP contribution in [0.25, 0.3) is 111 Å². The summed E-state index contributed by atoms with van der Waals surface area (Å²) >= 11 is 0. The average Bonchev–Trinajstić information content (AvgIpc) is 3.93. The maximum atomic E-state index is 5.50. The van der Waals surface area contributed by atoms with Crippen molar-refractivity contribution in [2.45, 2.75) is 52.4 Å². The van der Waals surface area contributed by atoms with Crippen molar-refractivity contribution in [3.63, 3.8) is 0 Å². The van der Waals surface area contributed by atoms with E-state index in [0.717, 1.165) is 28.1 Å². The second-order valence-corrected chi connectivity index (χ2v) is 21.8. The molecule has 0 fully saturated rings. The van der Waals surface area contributed by atoms with E-state index >= 15 is 0 Å². The maximum absolute atomic E-state index is 5.50. The van der Waals surface area contributed by atoms with E-state index in [4.69, 9.17) is 9.97 Å². The van der Waals surface area contributed by atoms with E-state index in [-0.39, 0.29) is 17.5 Å². The standard InChI is InChI=1S/C66H51BN4/c1-65(2,3)45-27-33-55-49(37-45)59-47(40-19-11-7-12-20-40)29-31-51-62(59)70(55)57-35-44(54-39-53(42-23-15-9-16-24-42)68-64(69-54)43-25-17-10-18-26-43)36-58-61(57)67(51)52-32-30-48(41-21-13-8-14-22-41)60-50-38-46(66(4,5)6)28-34-56(50)71(58)63(52)60/h7-39H,1-6H3. The molecular weight excluding hydrogens is 860 g/mol. The van der Waals surface area contributed by atoms with Gasteiger partial charge < -0.3 is 9.13 Å². The van der Waals surface area contributed by atoms with Gasteiger partial charge in [-0.2, -0.15) is 0 Å². The number of benzene rings is 9. The van der Waals surface area contributed by atoms with Crippen LogP contribution in [-0.2, 0) is 10.8 Å². The molecule has 71 heavy (non-hydrogen) atoms. The molecule has 0 saturated heterocycles. The van der Waals surface area contributed by atoms with E-state index in [2.05, 4.69) is 251 Å². The maximum Gasteiger partial charge on any atom is 0.252 e. The SMILES string of the molecule is CC(C)(C)c1ccc2c(c1)c1c(-c3ccccc3)ccc3c1n2-c1cc(-c2cc(-c4ccccc4)nc(-c4ccccc4)n2)cc2c1B3c1ccc(-c3ccccc3)c3c4cc(C(C)(C)C)ccc4n-2c13. The topological polar surface area (TPSA) is 35.6 Å². The van der Waals surface area contributed by atoms with Crippen LogP contribution in [0.5, 0.6) is 0 Å². The van der Waals surface area contributed by atoms with Crippen LogP contribution in [0.4, 0.5) is 0 Å². The van der Waals surface area contributed by atoms with Gasteiger partial charge >= 0.3 is 0 Å². The number of hydrogen-bond acceptors (Lipinski definition) is 2. The van der Waals surface area contributed by atoms with Crippen molar-refractivity contribution in [1.82, 2.24) is 19.1 Å². The van der Waals surface area contributed by atoms with Crippen molar-refractivity contribution in [3.8, 4) is 67.5 Å². The van der Waals surface area contributed by atoms with E-state index in [1.165, 1.54) is 105 Å². The fourth-order valence-electron chi connectivity index (χ4n) is 11.9. The monoisotopic (exact) mass is 910 g/mol. The zero-order valence-corrected chi connectivity index (χ0v) is 40.9. The predicted molar refractivity (Wildman–Crippen MR) is 300 cm³/mol. The highest BCUT2D eigenvalue weighted by atomic mass is 15.0. The van der Waals surface area contributed by atoms with Gasteiger partial charge in [0.15, 0.2) is 5.82 Å². The Hall–Kier alpha value is -8.28. The molecule has 5 heteroatoms. The van der Waals surface area contributed by atoms with Crippen LogP contribution in [-0.4, -0.2) is 25.8 Å². The minimum Gasteiger partial charge on any atom is -0.310 e. The van der Waals surface area contributed by atoms with Gasteiger partial charge in [-0.05, 0) is 103 Å². The number of aromatic nitrogens is 4. The van der Waals surface area contributed by atoms with Crippen LogP contribution >= 0.6 is 0 Å². The largest absolute Gasteiger partial charge is 0.310 e. The Kier molecular flexibility index (Phi) is 8.87. The van der Waals surface area contributed by atoms with Crippen LogP contribution in [0.3, 0.4) is 0 Å². The van der Waals surface area contributed by atoms with E-state index in [1.807, 2.05) is 0 Å². The zero-order chi connectivity index (χ0) is 47.9. The molecule has 0 saturated carbocycles. The third-order valence-corrected chi connectivity index (χ3v) is 15.4. The van der Waals surface area contributed by atoms with Gasteiger partial charge in [0.1, 0.15) is 0 Å². The van der Waals surface area contributed by atoms with Crippen LogP contribution in [0, 0.1) is 0 Å². The highest BCUT2D eigenvalue weighted by molar-refractivity contribution is 7.00. The van der Waals surface area contributed by atoms with Crippen molar-refractivity contribution >= 4 is 66.7 Å². The van der Waals surface area contributed by atoms with E-state index in [1.54, 1.807) is 0 Å². The lowest BCUT2D eigenvalue weighted by molar-refractivity contribution is 0.591. The highest BCUT2D eigenvalue weighted by Gasteiger charge is 2.42. The second kappa shape index (κ2) is 15.1. The van der Waals surface area contributed by atoms with Crippen molar-refractivity contribution in [2.75, 3.05) is 0 Å². The third kappa shape index (κ3) is 6.25. The minimum atomic E-state index is -0.0448. The molecule has 0 atom stereocenters. The van der Waals surface area contributed by atoms with Gasteiger partial charge in [-0.25, -0.2) is 9.97 Å². The number of nitrogens with zero attached hydrogens (tertiary/aromatic N) is 4. The molecule has 5 heterocycles. The lowest BCUT2D eigenvalue weighted by Crippen LogP contribution is -2.59. The lowest BCUT2D eigenvalue weighted by atomic mass is 9.34. The molecule has 2 aliphatic heterocycles. The van der Waals surface area contributed by atoms with Gasteiger partial charge in [0.05, 0.1) is 22.4 Å². The van der Waals surface area contributed by atoms with Crippen molar-refractivity contribution in [3.05, 3.63) is 211 Å². The van der Waals surface area contributed by atoms with E-state index < -0.39 is 0 Å². The molecule has 12 aromatic rings. The van der Waals surface area contributed by atoms with E-state index in [9.17, 15) is 0 Å². The molecule has 0 aliphatic carbocycles. The van der Waals surface area contributed by atoms with Crippen LogP contribution in [0.2, 0.25) is 0 Å². The van der Waals surface area contributed by atoms with Gasteiger partial charge in [-0.15, -0.1) is 0 Å².